The lowest BCUT2D eigenvalue weighted by molar-refractivity contribution is -0.138. The van der Waals surface area contributed by atoms with Crippen LogP contribution in [0.5, 0.6) is 0 Å². The number of hydrogen-bond acceptors (Lipinski definition) is 3. The van der Waals surface area contributed by atoms with Gasteiger partial charge < -0.3 is 9.84 Å². The van der Waals surface area contributed by atoms with E-state index < -0.39 is 5.97 Å². The van der Waals surface area contributed by atoms with Crippen molar-refractivity contribution in [3.05, 3.63) is 11.8 Å². The van der Waals surface area contributed by atoms with Crippen LogP contribution in [0.2, 0.25) is 0 Å². The van der Waals surface area contributed by atoms with Gasteiger partial charge in [-0.2, -0.15) is 0 Å². The van der Waals surface area contributed by atoms with Crippen molar-refractivity contribution in [1.29, 1.82) is 0 Å². The topological polar surface area (TPSA) is 63.6 Å². The van der Waals surface area contributed by atoms with Gasteiger partial charge in [0.2, 0.25) is 0 Å². The fourth-order valence-electron chi connectivity index (χ4n) is 2.90. The third kappa shape index (κ3) is 17.5. The number of unbranched alkanes of at least 4 members (excludes halogenated alkanes) is 14. The largest absolute Gasteiger partial charge is 0.478 e. The Hall–Kier alpha value is -1.32. The Morgan fingerprint density at radius 3 is 1.50 bits per heavy atom. The second-order valence-corrected chi connectivity index (χ2v) is 7.30. The minimum Gasteiger partial charge on any atom is -0.478 e. The van der Waals surface area contributed by atoms with E-state index in [4.69, 9.17) is 9.84 Å². The zero-order chi connectivity index (χ0) is 19.5. The maximum Gasteiger partial charge on any atom is 0.334 e. The molecular weight excluding hydrogens is 328 g/mol. The molecule has 0 aliphatic heterocycles. The van der Waals surface area contributed by atoms with Gasteiger partial charge >= 0.3 is 11.9 Å². The second kappa shape index (κ2) is 18.5. The van der Waals surface area contributed by atoms with Crippen molar-refractivity contribution < 1.29 is 19.4 Å². The molecule has 4 nitrogen and oxygen atoms in total. The highest BCUT2D eigenvalue weighted by Crippen LogP contribution is 2.13. The van der Waals surface area contributed by atoms with E-state index in [9.17, 15) is 9.59 Å². The molecule has 4 heteroatoms. The standard InChI is InChI=1S/C22H40O4/c1-3-4-5-6-7-8-9-10-11-12-13-14-15-16-17-18-21(23)26-19-20(2)22(24)25/h19H,3-18H2,1-2H3,(H,24,25). The Kier molecular flexibility index (Phi) is 17.5. The fourth-order valence-corrected chi connectivity index (χ4v) is 2.90. The molecule has 26 heavy (non-hydrogen) atoms. The van der Waals surface area contributed by atoms with Gasteiger partial charge in [-0.05, 0) is 13.3 Å². The summed E-state index contributed by atoms with van der Waals surface area (Å²) in [5.74, 6) is -1.41. The summed E-state index contributed by atoms with van der Waals surface area (Å²) in [7, 11) is 0. The van der Waals surface area contributed by atoms with Gasteiger partial charge in [-0.25, -0.2) is 4.79 Å². The van der Waals surface area contributed by atoms with Crippen LogP contribution in [0.4, 0.5) is 0 Å². The summed E-state index contributed by atoms with van der Waals surface area (Å²) in [6, 6.07) is 0. The zero-order valence-electron chi connectivity index (χ0n) is 17.1. The van der Waals surface area contributed by atoms with Crippen LogP contribution in [0.25, 0.3) is 0 Å². The van der Waals surface area contributed by atoms with Crippen molar-refractivity contribution >= 4 is 11.9 Å². The number of esters is 1. The van der Waals surface area contributed by atoms with Crippen molar-refractivity contribution in [3.8, 4) is 0 Å². The van der Waals surface area contributed by atoms with Crippen molar-refractivity contribution in [2.75, 3.05) is 0 Å². The Bertz CT molecular complexity index is 388. The number of hydrogen-bond donors (Lipinski definition) is 1. The number of carboxylic acid groups (broad SMARTS) is 1. The van der Waals surface area contributed by atoms with E-state index in [0.29, 0.717) is 6.42 Å². The number of carbonyl (C=O) groups excluding carboxylic acids is 1. The summed E-state index contributed by atoms with van der Waals surface area (Å²) in [6.07, 6.45) is 20.7. The van der Waals surface area contributed by atoms with Crippen LogP contribution >= 0.6 is 0 Å². The Morgan fingerprint density at radius 2 is 1.12 bits per heavy atom. The number of ether oxygens (including phenoxy) is 1. The van der Waals surface area contributed by atoms with Gasteiger partial charge in [0.15, 0.2) is 0 Å². The molecular formula is C22H40O4. The summed E-state index contributed by atoms with van der Waals surface area (Å²) in [5.41, 5.74) is 0.0369. The number of carboxylic acids is 1. The van der Waals surface area contributed by atoms with E-state index in [1.54, 1.807) is 0 Å². The molecule has 0 rings (SSSR count). The molecule has 0 aromatic heterocycles. The maximum atomic E-state index is 11.4. The van der Waals surface area contributed by atoms with Gasteiger partial charge in [0.05, 0.1) is 5.57 Å². The third-order valence-electron chi connectivity index (χ3n) is 4.69. The molecule has 152 valence electrons. The minimum absolute atomic E-state index is 0.0369. The van der Waals surface area contributed by atoms with Crippen molar-refractivity contribution in [1.82, 2.24) is 0 Å². The fraction of sp³-hybridized carbons (Fsp3) is 0.818. The molecule has 0 saturated carbocycles. The van der Waals surface area contributed by atoms with E-state index in [0.717, 1.165) is 25.5 Å². The Morgan fingerprint density at radius 1 is 0.731 bits per heavy atom. The number of carbonyl (C=O) groups is 2. The molecule has 0 amide bonds. The monoisotopic (exact) mass is 368 g/mol. The first-order valence-electron chi connectivity index (χ1n) is 10.7. The quantitative estimate of drug-likeness (QED) is 0.125. The van der Waals surface area contributed by atoms with Gasteiger partial charge in [-0.15, -0.1) is 0 Å². The van der Waals surface area contributed by atoms with E-state index in [1.165, 1.54) is 84.0 Å². The first-order valence-corrected chi connectivity index (χ1v) is 10.7. The first-order chi connectivity index (χ1) is 12.6. The molecule has 0 aromatic carbocycles. The lowest BCUT2D eigenvalue weighted by Gasteiger charge is -2.03. The smallest absolute Gasteiger partial charge is 0.334 e. The summed E-state index contributed by atoms with van der Waals surface area (Å²) in [4.78, 5) is 22.0. The first kappa shape index (κ1) is 24.7. The summed E-state index contributed by atoms with van der Waals surface area (Å²) < 4.78 is 4.80. The van der Waals surface area contributed by atoms with E-state index >= 15 is 0 Å². The van der Waals surface area contributed by atoms with Crippen LogP contribution in [0.1, 0.15) is 117 Å². The second-order valence-electron chi connectivity index (χ2n) is 7.30. The molecule has 0 aromatic rings. The van der Waals surface area contributed by atoms with Crippen molar-refractivity contribution in [2.24, 2.45) is 0 Å². The number of rotatable bonds is 18. The predicted molar refractivity (Wildman–Crippen MR) is 107 cm³/mol. The molecule has 0 aliphatic rings. The maximum absolute atomic E-state index is 11.4. The average Bonchev–Trinajstić information content (AvgIpc) is 2.62. The van der Waals surface area contributed by atoms with Gasteiger partial charge in [0.1, 0.15) is 6.26 Å². The lowest BCUT2D eigenvalue weighted by atomic mass is 10.0. The zero-order valence-corrected chi connectivity index (χ0v) is 17.1. The van der Waals surface area contributed by atoms with Gasteiger partial charge in [-0.3, -0.25) is 4.79 Å². The predicted octanol–water partition coefficient (Wildman–Crippen LogP) is 6.78. The van der Waals surface area contributed by atoms with Crippen molar-refractivity contribution in [3.63, 3.8) is 0 Å². The molecule has 0 bridgehead atoms. The molecule has 0 unspecified atom stereocenters. The summed E-state index contributed by atoms with van der Waals surface area (Å²) in [5, 5.41) is 8.65. The van der Waals surface area contributed by atoms with Crippen LogP contribution < -0.4 is 0 Å². The normalized spacial score (nSPS) is 11.5. The highest BCUT2D eigenvalue weighted by atomic mass is 16.5. The number of aliphatic carboxylic acids is 1. The molecule has 0 heterocycles. The van der Waals surface area contributed by atoms with Crippen LogP contribution in [-0.4, -0.2) is 17.0 Å². The molecule has 0 aliphatic carbocycles. The van der Waals surface area contributed by atoms with Gasteiger partial charge in [0, 0.05) is 6.42 Å². The van der Waals surface area contributed by atoms with Gasteiger partial charge in [-0.1, -0.05) is 96.8 Å². The molecule has 0 atom stereocenters. The molecule has 0 fully saturated rings. The molecule has 1 N–H and O–H groups in total. The molecule has 0 saturated heterocycles. The van der Waals surface area contributed by atoms with Crippen LogP contribution in [0, 0.1) is 0 Å². The van der Waals surface area contributed by atoms with Crippen LogP contribution in [-0.2, 0) is 14.3 Å². The summed E-state index contributed by atoms with van der Waals surface area (Å²) in [6.45, 7) is 3.67. The van der Waals surface area contributed by atoms with Gasteiger partial charge in [0.25, 0.3) is 0 Å². The van der Waals surface area contributed by atoms with E-state index in [2.05, 4.69) is 6.92 Å². The van der Waals surface area contributed by atoms with E-state index in [1.807, 2.05) is 0 Å². The lowest BCUT2D eigenvalue weighted by Crippen LogP contribution is -2.02. The SMILES string of the molecule is CCCCCCCCCCCCCCCCCC(=O)OC=C(C)C(=O)O. The highest BCUT2D eigenvalue weighted by molar-refractivity contribution is 5.85. The highest BCUT2D eigenvalue weighted by Gasteiger charge is 2.04. The van der Waals surface area contributed by atoms with E-state index in [-0.39, 0.29) is 11.5 Å². The Labute approximate surface area is 160 Å². The average molecular weight is 369 g/mol. The Balaban J connectivity index is 3.25. The third-order valence-corrected chi connectivity index (χ3v) is 4.69. The molecule has 0 spiro atoms. The minimum atomic E-state index is -1.07. The van der Waals surface area contributed by atoms with Crippen molar-refractivity contribution in [2.45, 2.75) is 117 Å². The van der Waals surface area contributed by atoms with Crippen LogP contribution in [0.3, 0.4) is 0 Å². The van der Waals surface area contributed by atoms with Crippen LogP contribution in [0.15, 0.2) is 11.8 Å². The molecule has 0 radical (unpaired) electrons. The summed E-state index contributed by atoms with van der Waals surface area (Å²) >= 11 is 0.